The molecule has 0 spiro atoms. The monoisotopic (exact) mass is 300 g/mol. The maximum Gasteiger partial charge on any atom is 0.347 e. The highest BCUT2D eigenvalue weighted by Gasteiger charge is 2.27. The van der Waals surface area contributed by atoms with Gasteiger partial charge in [0.1, 0.15) is 11.5 Å². The highest BCUT2D eigenvalue weighted by Crippen LogP contribution is 2.46. The normalized spacial score (nSPS) is 17.7. The van der Waals surface area contributed by atoms with E-state index in [0.29, 0.717) is 21.6 Å². The SMILES string of the molecule is O=C(O)c1sc2ccc3c(c2c1Cl)OC(CO)CO3. The van der Waals surface area contributed by atoms with Gasteiger partial charge in [0.2, 0.25) is 0 Å². The highest BCUT2D eigenvalue weighted by molar-refractivity contribution is 7.21. The summed E-state index contributed by atoms with van der Waals surface area (Å²) in [5, 5.41) is 18.9. The van der Waals surface area contributed by atoms with Crippen molar-refractivity contribution in [3.8, 4) is 11.5 Å². The molecular formula is C12H9ClO5S. The second-order valence-corrected chi connectivity index (χ2v) is 5.48. The summed E-state index contributed by atoms with van der Waals surface area (Å²) in [5.74, 6) is -0.166. The lowest BCUT2D eigenvalue weighted by atomic mass is 10.2. The van der Waals surface area contributed by atoms with Gasteiger partial charge in [-0.15, -0.1) is 11.3 Å². The van der Waals surface area contributed by atoms with E-state index < -0.39 is 12.1 Å². The molecule has 2 heterocycles. The van der Waals surface area contributed by atoms with Crippen LogP contribution in [-0.2, 0) is 0 Å². The van der Waals surface area contributed by atoms with Crippen LogP contribution < -0.4 is 9.47 Å². The van der Waals surface area contributed by atoms with Crippen molar-refractivity contribution >= 4 is 39.0 Å². The summed E-state index contributed by atoms with van der Waals surface area (Å²) in [6.45, 7) is 0.0753. The van der Waals surface area contributed by atoms with Crippen LogP contribution in [-0.4, -0.2) is 35.5 Å². The van der Waals surface area contributed by atoms with Crippen LogP contribution in [0.15, 0.2) is 12.1 Å². The molecule has 0 bridgehead atoms. The zero-order chi connectivity index (χ0) is 13.6. The summed E-state index contributed by atoms with van der Waals surface area (Å²) in [7, 11) is 0. The van der Waals surface area contributed by atoms with Gasteiger partial charge in [-0.25, -0.2) is 4.79 Å². The van der Waals surface area contributed by atoms with Gasteiger partial charge in [0.05, 0.1) is 17.0 Å². The summed E-state index contributed by atoms with van der Waals surface area (Å²) in [6.07, 6.45) is -0.470. The van der Waals surface area contributed by atoms with E-state index in [0.717, 1.165) is 11.3 Å². The lowest BCUT2D eigenvalue weighted by molar-refractivity contribution is 0.0472. The molecule has 19 heavy (non-hydrogen) atoms. The number of rotatable bonds is 2. The molecule has 1 aliphatic rings. The predicted octanol–water partition coefficient (Wildman–Crippen LogP) is 2.39. The molecule has 1 aromatic heterocycles. The fraction of sp³-hybridized carbons (Fsp3) is 0.250. The Morgan fingerprint density at radius 2 is 2.32 bits per heavy atom. The van der Waals surface area contributed by atoms with Gasteiger partial charge in [0.25, 0.3) is 0 Å². The molecule has 5 nitrogen and oxygen atoms in total. The zero-order valence-corrected chi connectivity index (χ0v) is 11.1. The van der Waals surface area contributed by atoms with Crippen molar-refractivity contribution in [1.29, 1.82) is 0 Å². The largest absolute Gasteiger partial charge is 0.486 e. The molecule has 0 fully saturated rings. The van der Waals surface area contributed by atoms with Gasteiger partial charge in [-0.3, -0.25) is 0 Å². The average Bonchev–Trinajstić information content (AvgIpc) is 2.76. The third-order valence-electron chi connectivity index (χ3n) is 2.82. The van der Waals surface area contributed by atoms with Gasteiger partial charge in [-0.2, -0.15) is 0 Å². The van der Waals surface area contributed by atoms with E-state index in [2.05, 4.69) is 0 Å². The van der Waals surface area contributed by atoms with Crippen molar-refractivity contribution in [3.05, 3.63) is 22.0 Å². The number of aromatic carboxylic acids is 1. The number of aliphatic hydroxyl groups is 1. The molecule has 1 aliphatic heterocycles. The molecular weight excluding hydrogens is 292 g/mol. The summed E-state index contributed by atoms with van der Waals surface area (Å²) in [6, 6.07) is 3.46. The lowest BCUT2D eigenvalue weighted by Crippen LogP contribution is -2.32. The highest BCUT2D eigenvalue weighted by atomic mass is 35.5. The first-order valence-corrected chi connectivity index (χ1v) is 6.70. The molecule has 0 amide bonds. The van der Waals surface area contributed by atoms with E-state index in [-0.39, 0.29) is 23.1 Å². The number of carboxylic acids is 1. The van der Waals surface area contributed by atoms with Crippen LogP contribution in [0.2, 0.25) is 5.02 Å². The number of carboxylic acid groups (broad SMARTS) is 1. The second kappa shape index (κ2) is 4.56. The van der Waals surface area contributed by atoms with Crippen LogP contribution >= 0.6 is 22.9 Å². The Hall–Kier alpha value is -1.50. The van der Waals surface area contributed by atoms with Gasteiger partial charge >= 0.3 is 5.97 Å². The number of hydrogen-bond donors (Lipinski definition) is 2. The molecule has 1 atom stereocenters. The number of aliphatic hydroxyl groups excluding tert-OH is 1. The quantitative estimate of drug-likeness (QED) is 0.890. The van der Waals surface area contributed by atoms with Crippen molar-refractivity contribution in [2.45, 2.75) is 6.10 Å². The summed E-state index contributed by atoms with van der Waals surface area (Å²) < 4.78 is 11.8. The van der Waals surface area contributed by atoms with E-state index in [1.807, 2.05) is 0 Å². The van der Waals surface area contributed by atoms with E-state index >= 15 is 0 Å². The molecule has 1 unspecified atom stereocenters. The number of fused-ring (bicyclic) bond motifs is 3. The minimum absolute atomic E-state index is 0.0692. The number of carbonyl (C=O) groups is 1. The fourth-order valence-electron chi connectivity index (χ4n) is 1.95. The number of benzene rings is 1. The van der Waals surface area contributed by atoms with Crippen molar-refractivity contribution in [1.82, 2.24) is 0 Å². The number of ether oxygens (including phenoxy) is 2. The second-order valence-electron chi connectivity index (χ2n) is 4.05. The van der Waals surface area contributed by atoms with Gasteiger partial charge in [0.15, 0.2) is 17.6 Å². The fourth-order valence-corrected chi connectivity index (χ4v) is 3.32. The van der Waals surface area contributed by atoms with Crippen LogP contribution in [0, 0.1) is 0 Å². The van der Waals surface area contributed by atoms with Crippen molar-refractivity contribution in [2.75, 3.05) is 13.2 Å². The Balaban J connectivity index is 2.23. The first-order valence-electron chi connectivity index (χ1n) is 5.50. The number of hydrogen-bond acceptors (Lipinski definition) is 5. The molecule has 0 radical (unpaired) electrons. The Labute approximate surface area is 116 Å². The molecule has 0 aliphatic carbocycles. The molecule has 0 saturated carbocycles. The third kappa shape index (κ3) is 1.92. The van der Waals surface area contributed by atoms with E-state index in [4.69, 9.17) is 31.3 Å². The van der Waals surface area contributed by atoms with Crippen molar-refractivity contribution < 1.29 is 24.5 Å². The molecule has 7 heteroatoms. The number of thiophene rings is 1. The smallest absolute Gasteiger partial charge is 0.347 e. The zero-order valence-electron chi connectivity index (χ0n) is 9.55. The van der Waals surface area contributed by atoms with E-state index in [1.165, 1.54) is 0 Å². The lowest BCUT2D eigenvalue weighted by Gasteiger charge is -2.25. The molecule has 3 rings (SSSR count). The average molecular weight is 301 g/mol. The Bertz CT molecular complexity index is 666. The Morgan fingerprint density at radius 3 is 3.00 bits per heavy atom. The molecule has 2 aromatic rings. The van der Waals surface area contributed by atoms with E-state index in [9.17, 15) is 4.79 Å². The van der Waals surface area contributed by atoms with Crippen molar-refractivity contribution in [3.63, 3.8) is 0 Å². The van der Waals surface area contributed by atoms with Crippen LogP contribution in [0.1, 0.15) is 9.67 Å². The van der Waals surface area contributed by atoms with Gasteiger partial charge in [-0.1, -0.05) is 11.6 Å². The topological polar surface area (TPSA) is 76.0 Å². The molecule has 0 saturated heterocycles. The maximum absolute atomic E-state index is 11.1. The number of halogens is 1. The molecule has 1 aromatic carbocycles. The minimum Gasteiger partial charge on any atom is -0.486 e. The minimum atomic E-state index is -1.07. The summed E-state index contributed by atoms with van der Waals surface area (Å²) in [4.78, 5) is 11.2. The third-order valence-corrected chi connectivity index (χ3v) is 4.45. The van der Waals surface area contributed by atoms with Gasteiger partial charge in [-0.05, 0) is 12.1 Å². The van der Waals surface area contributed by atoms with Crippen LogP contribution in [0.25, 0.3) is 10.1 Å². The summed E-state index contributed by atoms with van der Waals surface area (Å²) in [5.41, 5.74) is 0. The van der Waals surface area contributed by atoms with Crippen LogP contribution in [0.5, 0.6) is 11.5 Å². The van der Waals surface area contributed by atoms with Crippen LogP contribution in [0.3, 0.4) is 0 Å². The van der Waals surface area contributed by atoms with Crippen LogP contribution in [0.4, 0.5) is 0 Å². The van der Waals surface area contributed by atoms with Gasteiger partial charge < -0.3 is 19.7 Å². The van der Waals surface area contributed by atoms with Gasteiger partial charge in [0, 0.05) is 4.70 Å². The first kappa shape index (κ1) is 12.5. The Kier molecular flexibility index (Phi) is 3.00. The first-order chi connectivity index (χ1) is 9.11. The maximum atomic E-state index is 11.1. The Morgan fingerprint density at radius 1 is 1.53 bits per heavy atom. The predicted molar refractivity (Wildman–Crippen MR) is 70.8 cm³/mol. The molecule has 2 N–H and O–H groups in total. The van der Waals surface area contributed by atoms with Crippen molar-refractivity contribution in [2.24, 2.45) is 0 Å². The van der Waals surface area contributed by atoms with E-state index in [1.54, 1.807) is 12.1 Å². The standard InChI is InChI=1S/C12H9ClO5S/c13-9-8-7(19-11(9)12(15)16)2-1-6-10(8)18-5(3-14)4-17-6/h1-2,5,14H,3-4H2,(H,15,16). The summed E-state index contributed by atoms with van der Waals surface area (Å²) >= 11 is 7.20. The molecule has 100 valence electrons.